The zero-order chi connectivity index (χ0) is 38.4. The number of likely N-dealkylation sites (N-methyl/N-ethyl adjacent to an activating group) is 2. The van der Waals surface area contributed by atoms with Crippen molar-refractivity contribution in [1.82, 2.24) is 20.4 Å². The van der Waals surface area contributed by atoms with Gasteiger partial charge in [-0.25, -0.2) is 0 Å². The molecule has 290 valence electrons. The summed E-state index contributed by atoms with van der Waals surface area (Å²) in [6.45, 7) is 16.6. The normalized spacial score (nSPS) is 19.8. The molecule has 1 aliphatic rings. The molecule has 1 fully saturated rings. The van der Waals surface area contributed by atoms with Gasteiger partial charge in [-0.05, 0) is 63.0 Å². The lowest BCUT2D eigenvalue weighted by atomic mass is 9.84. The molecule has 0 spiro atoms. The van der Waals surface area contributed by atoms with E-state index in [2.05, 4.69) is 36.6 Å². The number of ether oxygens (including phenoxy) is 2. The van der Waals surface area contributed by atoms with Crippen LogP contribution in [0, 0.1) is 29.6 Å². The highest BCUT2D eigenvalue weighted by molar-refractivity contribution is 5.90. The van der Waals surface area contributed by atoms with Gasteiger partial charge in [-0.15, -0.1) is 0 Å². The third-order valence-electron chi connectivity index (χ3n) is 11.1. The second-order valence-corrected chi connectivity index (χ2v) is 15.6. The number of likely N-dealkylation sites (tertiary alicyclic amines) is 1. The van der Waals surface area contributed by atoms with Crippen molar-refractivity contribution in [3.63, 3.8) is 0 Å². The molecular weight excluding hydrogens is 644 g/mol. The van der Waals surface area contributed by atoms with Crippen LogP contribution in [0.15, 0.2) is 30.3 Å². The standard InChI is InChI=1S/C41H70N4O6/c1-13-28(6)38(44(10)41(49)32(26(2)3)24-34(46)37(42-9)27(4)5)35(50-11)25-36(47)45-22-18-17-21-33(45)39(51-12)30(8)40(48)43-29(7)23-31-19-15-14-16-20-31/h14-16,19-20,26-30,32-33,35,37-39,42H,13,17-18,21-25H2,1-12H3,(H,43,48)/t28?,29-,30-,32+,33+,35-,37+,38+,39-/m1/s1. The number of benzene rings is 1. The molecule has 0 saturated carbocycles. The van der Waals surface area contributed by atoms with Crippen LogP contribution in [0.3, 0.4) is 0 Å². The summed E-state index contributed by atoms with van der Waals surface area (Å²) < 4.78 is 12.1. The van der Waals surface area contributed by atoms with Crippen molar-refractivity contribution in [2.24, 2.45) is 29.6 Å². The van der Waals surface area contributed by atoms with Crippen molar-refractivity contribution >= 4 is 23.5 Å². The van der Waals surface area contributed by atoms with Gasteiger partial charge in [-0.1, -0.05) is 85.2 Å². The van der Waals surface area contributed by atoms with E-state index in [1.165, 1.54) is 0 Å². The van der Waals surface area contributed by atoms with Gasteiger partial charge < -0.3 is 29.9 Å². The van der Waals surface area contributed by atoms with Gasteiger partial charge in [-0.3, -0.25) is 19.2 Å². The molecule has 0 bridgehead atoms. The minimum Gasteiger partial charge on any atom is -0.379 e. The Labute approximate surface area is 309 Å². The predicted molar refractivity (Wildman–Crippen MR) is 204 cm³/mol. The topological polar surface area (TPSA) is 117 Å². The number of amides is 3. The van der Waals surface area contributed by atoms with E-state index < -0.39 is 24.0 Å². The molecule has 9 atom stereocenters. The van der Waals surface area contributed by atoms with Crippen LogP contribution in [0.4, 0.5) is 0 Å². The van der Waals surface area contributed by atoms with Crippen LogP contribution in [0.25, 0.3) is 0 Å². The minimum absolute atomic E-state index is 0.0314. The first kappa shape index (κ1) is 44.3. The fourth-order valence-corrected chi connectivity index (χ4v) is 7.94. The van der Waals surface area contributed by atoms with Crippen LogP contribution in [-0.4, -0.2) is 105 Å². The molecule has 3 amide bonds. The van der Waals surface area contributed by atoms with E-state index in [0.717, 1.165) is 37.7 Å². The van der Waals surface area contributed by atoms with Gasteiger partial charge in [0.25, 0.3) is 0 Å². The summed E-state index contributed by atoms with van der Waals surface area (Å²) in [5.41, 5.74) is 1.16. The lowest BCUT2D eigenvalue weighted by Crippen LogP contribution is -2.57. The summed E-state index contributed by atoms with van der Waals surface area (Å²) in [6, 6.07) is 9.06. The lowest BCUT2D eigenvalue weighted by molar-refractivity contribution is -0.151. The molecule has 51 heavy (non-hydrogen) atoms. The molecular formula is C41H70N4O6. The van der Waals surface area contributed by atoms with Crippen molar-refractivity contribution in [2.75, 3.05) is 34.9 Å². The van der Waals surface area contributed by atoms with E-state index in [4.69, 9.17) is 9.47 Å². The van der Waals surface area contributed by atoms with Crippen LogP contribution in [-0.2, 0) is 35.1 Å². The summed E-state index contributed by atoms with van der Waals surface area (Å²) in [5.74, 6) is -1.11. The zero-order valence-corrected chi connectivity index (χ0v) is 33.7. The van der Waals surface area contributed by atoms with E-state index in [0.29, 0.717) is 6.54 Å². The fourth-order valence-electron chi connectivity index (χ4n) is 7.94. The molecule has 1 saturated heterocycles. The Bertz CT molecular complexity index is 1230. The summed E-state index contributed by atoms with van der Waals surface area (Å²) in [5, 5.41) is 6.28. The summed E-state index contributed by atoms with van der Waals surface area (Å²) in [7, 11) is 6.79. The van der Waals surface area contributed by atoms with Gasteiger partial charge in [0.15, 0.2) is 5.78 Å². The molecule has 1 aromatic carbocycles. The highest BCUT2D eigenvalue weighted by Gasteiger charge is 2.42. The highest BCUT2D eigenvalue weighted by atomic mass is 16.5. The number of hydrogen-bond acceptors (Lipinski definition) is 7. The monoisotopic (exact) mass is 715 g/mol. The van der Waals surface area contributed by atoms with Gasteiger partial charge >= 0.3 is 0 Å². The van der Waals surface area contributed by atoms with Crippen molar-refractivity contribution in [1.29, 1.82) is 0 Å². The second-order valence-electron chi connectivity index (χ2n) is 15.6. The van der Waals surface area contributed by atoms with Crippen LogP contribution in [0.2, 0.25) is 0 Å². The van der Waals surface area contributed by atoms with E-state index in [9.17, 15) is 19.2 Å². The summed E-state index contributed by atoms with van der Waals surface area (Å²) in [4.78, 5) is 58.9. The molecule has 1 aromatic rings. The van der Waals surface area contributed by atoms with Crippen molar-refractivity contribution in [3.8, 4) is 0 Å². The minimum atomic E-state index is -0.561. The Kier molecular flexibility index (Phi) is 18.8. The van der Waals surface area contributed by atoms with Crippen molar-refractivity contribution in [3.05, 3.63) is 35.9 Å². The Morgan fingerprint density at radius 3 is 2.10 bits per heavy atom. The summed E-state index contributed by atoms with van der Waals surface area (Å²) >= 11 is 0. The number of piperidine rings is 1. The third-order valence-corrected chi connectivity index (χ3v) is 11.1. The van der Waals surface area contributed by atoms with Gasteiger partial charge in [0, 0.05) is 46.2 Å². The average Bonchev–Trinajstić information content (AvgIpc) is 3.10. The van der Waals surface area contributed by atoms with Crippen molar-refractivity contribution in [2.45, 2.75) is 137 Å². The Balaban J connectivity index is 2.26. The average molecular weight is 715 g/mol. The van der Waals surface area contributed by atoms with Crippen LogP contribution in [0.1, 0.15) is 99.5 Å². The van der Waals surface area contributed by atoms with Crippen LogP contribution >= 0.6 is 0 Å². The van der Waals surface area contributed by atoms with Crippen LogP contribution < -0.4 is 10.6 Å². The van der Waals surface area contributed by atoms with E-state index >= 15 is 0 Å². The number of ketones is 1. The molecule has 0 radical (unpaired) electrons. The fraction of sp³-hybridized carbons (Fsp3) is 0.756. The number of carbonyl (C=O) groups excluding carboxylic acids is 4. The molecule has 2 N–H and O–H groups in total. The first-order chi connectivity index (χ1) is 24.1. The smallest absolute Gasteiger partial charge is 0.226 e. The van der Waals surface area contributed by atoms with Gasteiger partial charge in [0.05, 0.1) is 42.7 Å². The Hall–Kier alpha value is -2.82. The quantitative estimate of drug-likeness (QED) is 0.172. The molecule has 1 unspecified atom stereocenters. The zero-order valence-electron chi connectivity index (χ0n) is 33.7. The number of Topliss-reactive ketones (excluding diaryl/α,β-unsaturated/α-hetero) is 1. The number of rotatable bonds is 21. The summed E-state index contributed by atoms with van der Waals surface area (Å²) in [6.07, 6.45) is 3.24. The molecule has 2 rings (SSSR count). The van der Waals surface area contributed by atoms with E-state index in [-0.39, 0.29) is 78.3 Å². The van der Waals surface area contributed by atoms with Gasteiger partial charge in [0.2, 0.25) is 17.7 Å². The number of hydrogen-bond donors (Lipinski definition) is 2. The maximum atomic E-state index is 14.3. The maximum Gasteiger partial charge on any atom is 0.226 e. The van der Waals surface area contributed by atoms with Gasteiger partial charge in [0.1, 0.15) is 0 Å². The lowest BCUT2D eigenvalue weighted by Gasteiger charge is -2.43. The molecule has 1 heterocycles. The SMILES string of the molecule is CCC(C)[C@@H]([C@@H](CC(=O)N1CCCC[C@H]1[C@H](OC)[C@@H](C)C(=O)N[C@H](C)Cc1ccccc1)OC)N(C)C(=O)[C@@H](CC(=O)[C@@H](NC)C(C)C)C(C)C. The van der Waals surface area contributed by atoms with Crippen LogP contribution in [0.5, 0.6) is 0 Å². The first-order valence-electron chi connectivity index (χ1n) is 19.3. The highest BCUT2D eigenvalue weighted by Crippen LogP contribution is 2.30. The van der Waals surface area contributed by atoms with Gasteiger partial charge in [-0.2, -0.15) is 0 Å². The predicted octanol–water partition coefficient (Wildman–Crippen LogP) is 5.52. The van der Waals surface area contributed by atoms with E-state index in [1.54, 1.807) is 33.2 Å². The number of methoxy groups -OCH3 is 2. The Morgan fingerprint density at radius 2 is 1.57 bits per heavy atom. The number of carbonyl (C=O) groups is 4. The molecule has 10 nitrogen and oxygen atoms in total. The molecule has 0 aliphatic carbocycles. The Morgan fingerprint density at radius 1 is 0.922 bits per heavy atom. The molecule has 0 aromatic heterocycles. The first-order valence-corrected chi connectivity index (χ1v) is 19.3. The molecule has 10 heteroatoms. The second kappa shape index (κ2) is 21.6. The van der Waals surface area contributed by atoms with E-state index in [1.807, 2.05) is 64.6 Å². The molecule has 1 aliphatic heterocycles. The number of nitrogens with zero attached hydrogens (tertiary/aromatic N) is 2. The van der Waals surface area contributed by atoms with Crippen molar-refractivity contribution < 1.29 is 28.7 Å². The third kappa shape index (κ3) is 12.4. The largest absolute Gasteiger partial charge is 0.379 e. The maximum absolute atomic E-state index is 14.3. The number of nitrogens with one attached hydrogen (secondary N) is 2.